The second-order valence-electron chi connectivity index (χ2n) is 4.27. The third-order valence-corrected chi connectivity index (χ3v) is 3.55. The quantitative estimate of drug-likeness (QED) is 0.861. The van der Waals surface area contributed by atoms with Crippen LogP contribution in [0.4, 0.5) is 21.7 Å². The average molecular weight is 339 g/mol. The van der Waals surface area contributed by atoms with Crippen LogP contribution in [0.3, 0.4) is 0 Å². The Balaban J connectivity index is 2.43. The maximum absolute atomic E-state index is 13.9. The van der Waals surface area contributed by atoms with Gasteiger partial charge >= 0.3 is 0 Å². The van der Waals surface area contributed by atoms with E-state index < -0.39 is 0 Å². The van der Waals surface area contributed by atoms with Crippen LogP contribution in [0, 0.1) is 5.82 Å². The Morgan fingerprint density at radius 3 is 2.65 bits per heavy atom. The first-order valence-electron chi connectivity index (χ1n) is 6.40. The number of halogens is 2. The van der Waals surface area contributed by atoms with Crippen LogP contribution in [-0.4, -0.2) is 17.0 Å². The van der Waals surface area contributed by atoms with Gasteiger partial charge < -0.3 is 10.6 Å². The van der Waals surface area contributed by atoms with Crippen molar-refractivity contribution in [3.8, 4) is 0 Å². The highest BCUT2D eigenvalue weighted by Crippen LogP contribution is 2.30. The van der Waals surface area contributed by atoms with Gasteiger partial charge in [-0.3, -0.25) is 0 Å². The molecule has 0 atom stereocenters. The molecule has 0 aliphatic carbocycles. The first kappa shape index (κ1) is 14.7. The number of hydrogen-bond donors (Lipinski definition) is 2. The van der Waals surface area contributed by atoms with Crippen LogP contribution in [0.15, 0.2) is 29.0 Å². The summed E-state index contributed by atoms with van der Waals surface area (Å²) < 4.78 is 14.5. The van der Waals surface area contributed by atoms with Gasteiger partial charge in [0.2, 0.25) is 0 Å². The van der Waals surface area contributed by atoms with E-state index in [2.05, 4.69) is 43.5 Å². The summed E-state index contributed by atoms with van der Waals surface area (Å²) in [4.78, 5) is 8.43. The molecular weight excluding hydrogens is 323 g/mol. The van der Waals surface area contributed by atoms with Gasteiger partial charge in [0.1, 0.15) is 23.8 Å². The molecule has 0 saturated heterocycles. The molecule has 0 aliphatic heterocycles. The van der Waals surface area contributed by atoms with Crippen molar-refractivity contribution in [3.05, 3.63) is 40.4 Å². The van der Waals surface area contributed by atoms with Crippen molar-refractivity contribution in [1.82, 2.24) is 9.97 Å². The van der Waals surface area contributed by atoms with Gasteiger partial charge in [0.05, 0.1) is 5.69 Å². The zero-order valence-corrected chi connectivity index (χ0v) is 13.0. The monoisotopic (exact) mass is 338 g/mol. The van der Waals surface area contributed by atoms with E-state index in [0.29, 0.717) is 16.0 Å². The summed E-state index contributed by atoms with van der Waals surface area (Å²) in [5, 5.41) is 6.09. The van der Waals surface area contributed by atoms with Crippen LogP contribution in [0.2, 0.25) is 0 Å². The van der Waals surface area contributed by atoms with E-state index >= 15 is 0 Å². The van der Waals surface area contributed by atoms with Crippen molar-refractivity contribution in [2.45, 2.75) is 19.8 Å². The number of rotatable bonds is 5. The molecule has 6 heteroatoms. The lowest BCUT2D eigenvalue weighted by molar-refractivity contribution is 0.631. The molecular formula is C14H16BrFN4. The van der Waals surface area contributed by atoms with E-state index in [1.807, 2.05) is 7.05 Å². The van der Waals surface area contributed by atoms with Gasteiger partial charge in [0.15, 0.2) is 0 Å². The van der Waals surface area contributed by atoms with Gasteiger partial charge in [0.25, 0.3) is 0 Å². The number of para-hydroxylation sites is 1. The SMILES string of the molecule is CCCc1c(NC)ncnc1Nc1c(F)cccc1Br. The Hall–Kier alpha value is -1.69. The van der Waals surface area contributed by atoms with Gasteiger partial charge in [0, 0.05) is 17.1 Å². The van der Waals surface area contributed by atoms with E-state index in [4.69, 9.17) is 0 Å². The van der Waals surface area contributed by atoms with E-state index in [1.165, 1.54) is 12.4 Å². The Morgan fingerprint density at radius 1 is 1.25 bits per heavy atom. The lowest BCUT2D eigenvalue weighted by atomic mass is 10.1. The molecule has 4 nitrogen and oxygen atoms in total. The highest BCUT2D eigenvalue weighted by Gasteiger charge is 2.13. The standard InChI is InChI=1S/C14H16BrFN4/c1-3-5-9-13(17-2)18-8-19-14(9)20-12-10(15)6-4-7-11(12)16/h4,6-8H,3,5H2,1-2H3,(H2,17,18,19,20). The highest BCUT2D eigenvalue weighted by atomic mass is 79.9. The summed E-state index contributed by atoms with van der Waals surface area (Å²) in [5.41, 5.74) is 1.33. The molecule has 106 valence electrons. The largest absolute Gasteiger partial charge is 0.373 e. The predicted octanol–water partition coefficient (Wildman–Crippen LogP) is 4.12. The summed E-state index contributed by atoms with van der Waals surface area (Å²) in [6.45, 7) is 2.08. The van der Waals surface area contributed by atoms with E-state index in [1.54, 1.807) is 12.1 Å². The minimum Gasteiger partial charge on any atom is -0.373 e. The maximum atomic E-state index is 13.9. The second kappa shape index (κ2) is 6.65. The molecule has 2 aromatic rings. The van der Waals surface area contributed by atoms with Gasteiger partial charge in [-0.15, -0.1) is 0 Å². The molecule has 0 unspecified atom stereocenters. The van der Waals surface area contributed by atoms with E-state index in [0.717, 1.165) is 24.2 Å². The normalized spacial score (nSPS) is 10.4. The third kappa shape index (κ3) is 3.07. The first-order valence-corrected chi connectivity index (χ1v) is 7.19. The predicted molar refractivity (Wildman–Crippen MR) is 83.0 cm³/mol. The molecule has 1 aromatic heterocycles. The minimum absolute atomic E-state index is 0.327. The van der Waals surface area contributed by atoms with Crippen molar-refractivity contribution in [2.24, 2.45) is 0 Å². The summed E-state index contributed by atoms with van der Waals surface area (Å²) in [7, 11) is 1.81. The number of benzene rings is 1. The van der Waals surface area contributed by atoms with Gasteiger partial charge in [-0.25, -0.2) is 14.4 Å². The molecule has 0 radical (unpaired) electrons. The molecule has 1 aromatic carbocycles. The summed E-state index contributed by atoms with van der Waals surface area (Å²) in [6.07, 6.45) is 3.22. The molecule has 0 spiro atoms. The van der Waals surface area contributed by atoms with Crippen LogP contribution >= 0.6 is 15.9 Å². The third-order valence-electron chi connectivity index (χ3n) is 2.89. The topological polar surface area (TPSA) is 49.8 Å². The van der Waals surface area contributed by atoms with Crippen LogP contribution in [-0.2, 0) is 6.42 Å². The van der Waals surface area contributed by atoms with Gasteiger partial charge in [-0.05, 0) is 34.5 Å². The Morgan fingerprint density at radius 2 is 2.00 bits per heavy atom. The minimum atomic E-state index is -0.327. The fourth-order valence-corrected chi connectivity index (χ4v) is 2.40. The van der Waals surface area contributed by atoms with Crippen LogP contribution in [0.25, 0.3) is 0 Å². The van der Waals surface area contributed by atoms with Gasteiger partial charge in [-0.2, -0.15) is 0 Å². The fraction of sp³-hybridized carbons (Fsp3) is 0.286. The molecule has 2 N–H and O–H groups in total. The van der Waals surface area contributed by atoms with Crippen molar-refractivity contribution in [1.29, 1.82) is 0 Å². The molecule has 0 aliphatic rings. The molecule has 0 fully saturated rings. The van der Waals surface area contributed by atoms with E-state index in [9.17, 15) is 4.39 Å². The lowest BCUT2D eigenvalue weighted by Gasteiger charge is -2.14. The number of nitrogens with one attached hydrogen (secondary N) is 2. The van der Waals surface area contributed by atoms with E-state index in [-0.39, 0.29) is 5.82 Å². The van der Waals surface area contributed by atoms with Crippen molar-refractivity contribution >= 4 is 33.3 Å². The summed E-state index contributed by atoms with van der Waals surface area (Å²) in [6, 6.07) is 4.84. The summed E-state index contributed by atoms with van der Waals surface area (Å²) in [5.74, 6) is 1.06. The van der Waals surface area contributed by atoms with Crippen molar-refractivity contribution in [3.63, 3.8) is 0 Å². The first-order chi connectivity index (χ1) is 9.67. The maximum Gasteiger partial charge on any atom is 0.147 e. The highest BCUT2D eigenvalue weighted by molar-refractivity contribution is 9.10. The summed E-state index contributed by atoms with van der Waals surface area (Å²) >= 11 is 3.34. The molecule has 0 amide bonds. The van der Waals surface area contributed by atoms with Crippen LogP contribution in [0.1, 0.15) is 18.9 Å². The second-order valence-corrected chi connectivity index (χ2v) is 5.13. The molecule has 20 heavy (non-hydrogen) atoms. The molecule has 0 saturated carbocycles. The lowest BCUT2D eigenvalue weighted by Crippen LogP contribution is -2.06. The van der Waals surface area contributed by atoms with Crippen LogP contribution in [0.5, 0.6) is 0 Å². The number of aromatic nitrogens is 2. The zero-order chi connectivity index (χ0) is 14.5. The smallest absolute Gasteiger partial charge is 0.147 e. The fourth-order valence-electron chi connectivity index (χ4n) is 1.96. The number of hydrogen-bond acceptors (Lipinski definition) is 4. The molecule has 2 rings (SSSR count). The Labute approximate surface area is 126 Å². The van der Waals surface area contributed by atoms with Crippen molar-refractivity contribution < 1.29 is 4.39 Å². The number of anilines is 3. The zero-order valence-electron chi connectivity index (χ0n) is 11.4. The van der Waals surface area contributed by atoms with Gasteiger partial charge in [-0.1, -0.05) is 19.4 Å². The Kier molecular flexibility index (Phi) is 4.89. The molecule has 1 heterocycles. The molecule has 0 bridgehead atoms. The average Bonchev–Trinajstić information content (AvgIpc) is 2.44. The van der Waals surface area contributed by atoms with Crippen LogP contribution < -0.4 is 10.6 Å². The number of nitrogens with zero attached hydrogens (tertiary/aromatic N) is 2. The van der Waals surface area contributed by atoms with Crippen molar-refractivity contribution in [2.75, 3.05) is 17.7 Å². The Bertz CT molecular complexity index is 583.